The number of nitrogens with zero attached hydrogens (tertiary/aromatic N) is 2. The van der Waals surface area contributed by atoms with E-state index < -0.39 is 10.0 Å². The van der Waals surface area contributed by atoms with E-state index in [0.717, 1.165) is 49.7 Å². The van der Waals surface area contributed by atoms with E-state index in [1.165, 1.54) is 11.1 Å². The molecule has 8 heteroatoms. The van der Waals surface area contributed by atoms with Gasteiger partial charge >= 0.3 is 0 Å². The lowest BCUT2D eigenvalue weighted by Gasteiger charge is -2.33. The number of thiophene rings is 1. The van der Waals surface area contributed by atoms with Gasteiger partial charge in [0.15, 0.2) is 0 Å². The Morgan fingerprint density at radius 3 is 2.64 bits per heavy atom. The molecular formula is C17H19ClN2O3S2. The Kier molecular flexibility index (Phi) is 4.77. The molecule has 134 valence electrons. The first-order valence-electron chi connectivity index (χ1n) is 8.25. The zero-order chi connectivity index (χ0) is 17.4. The minimum absolute atomic E-state index is 0.324. The molecule has 0 radical (unpaired) electrons. The molecule has 2 aliphatic rings. The van der Waals surface area contributed by atoms with Crippen LogP contribution in [0.2, 0.25) is 4.34 Å². The molecule has 2 aliphatic heterocycles. The predicted octanol–water partition coefficient (Wildman–Crippen LogP) is 2.84. The summed E-state index contributed by atoms with van der Waals surface area (Å²) in [6.07, 6.45) is 0.971. The van der Waals surface area contributed by atoms with E-state index in [1.807, 2.05) is 6.07 Å². The Bertz CT molecular complexity index is 874. The molecule has 2 aromatic rings. The molecule has 0 bridgehead atoms. The Morgan fingerprint density at radius 1 is 1.12 bits per heavy atom. The summed E-state index contributed by atoms with van der Waals surface area (Å²) in [6, 6.07) is 9.56. The summed E-state index contributed by atoms with van der Waals surface area (Å²) >= 11 is 6.99. The number of sulfonamides is 1. The van der Waals surface area contributed by atoms with Crippen molar-refractivity contribution < 1.29 is 13.2 Å². The quantitative estimate of drug-likeness (QED) is 0.794. The van der Waals surface area contributed by atoms with Gasteiger partial charge in [0.25, 0.3) is 10.0 Å². The van der Waals surface area contributed by atoms with Crippen LogP contribution in [0.1, 0.15) is 11.1 Å². The van der Waals surface area contributed by atoms with E-state index in [0.29, 0.717) is 21.6 Å². The molecule has 0 aliphatic carbocycles. The van der Waals surface area contributed by atoms with Crippen LogP contribution in [0.15, 0.2) is 34.5 Å². The fraction of sp³-hybridized carbons (Fsp3) is 0.412. The van der Waals surface area contributed by atoms with Gasteiger partial charge < -0.3 is 4.74 Å². The van der Waals surface area contributed by atoms with Crippen LogP contribution < -0.4 is 4.74 Å². The maximum atomic E-state index is 12.6. The first-order valence-corrected chi connectivity index (χ1v) is 10.9. The van der Waals surface area contributed by atoms with Crippen LogP contribution in [-0.4, -0.2) is 50.4 Å². The predicted molar refractivity (Wildman–Crippen MR) is 99.0 cm³/mol. The molecule has 0 saturated carbocycles. The van der Waals surface area contributed by atoms with Gasteiger partial charge in [-0.3, -0.25) is 4.90 Å². The summed E-state index contributed by atoms with van der Waals surface area (Å²) < 4.78 is 33.2. The molecule has 1 aromatic heterocycles. The average Bonchev–Trinajstić information content (AvgIpc) is 3.24. The number of benzene rings is 1. The smallest absolute Gasteiger partial charge is 0.252 e. The van der Waals surface area contributed by atoms with Crippen LogP contribution in [0.25, 0.3) is 0 Å². The summed E-state index contributed by atoms with van der Waals surface area (Å²) in [5, 5.41) is 0. The van der Waals surface area contributed by atoms with Crippen LogP contribution >= 0.6 is 22.9 Å². The SMILES string of the molecule is O=S(=O)(c1ccc(Cl)s1)N1CCN(Cc2ccc3c(c2)CCO3)CC1. The van der Waals surface area contributed by atoms with Crippen molar-refractivity contribution in [2.45, 2.75) is 17.2 Å². The molecule has 0 N–H and O–H groups in total. The van der Waals surface area contributed by atoms with E-state index in [4.69, 9.17) is 16.3 Å². The lowest BCUT2D eigenvalue weighted by Crippen LogP contribution is -2.48. The molecular weight excluding hydrogens is 380 g/mol. The number of rotatable bonds is 4. The second kappa shape index (κ2) is 6.89. The first-order chi connectivity index (χ1) is 12.0. The van der Waals surface area contributed by atoms with Gasteiger partial charge in [-0.25, -0.2) is 8.42 Å². The molecule has 0 unspecified atom stereocenters. The monoisotopic (exact) mass is 398 g/mol. The minimum atomic E-state index is -3.42. The first kappa shape index (κ1) is 17.3. The van der Waals surface area contributed by atoms with Crippen molar-refractivity contribution in [2.75, 3.05) is 32.8 Å². The van der Waals surface area contributed by atoms with Crippen LogP contribution in [0.4, 0.5) is 0 Å². The van der Waals surface area contributed by atoms with Crippen LogP contribution in [-0.2, 0) is 23.0 Å². The molecule has 0 atom stereocenters. The van der Waals surface area contributed by atoms with Crippen molar-refractivity contribution in [3.05, 3.63) is 45.8 Å². The van der Waals surface area contributed by atoms with Gasteiger partial charge in [-0.05, 0) is 29.3 Å². The highest BCUT2D eigenvalue weighted by Crippen LogP contribution is 2.29. The third kappa shape index (κ3) is 3.57. The van der Waals surface area contributed by atoms with Gasteiger partial charge in [-0.15, -0.1) is 11.3 Å². The Labute approximate surface area is 156 Å². The third-order valence-electron chi connectivity index (χ3n) is 4.63. The van der Waals surface area contributed by atoms with Crippen molar-refractivity contribution >= 4 is 33.0 Å². The Hall–Kier alpha value is -1.12. The molecule has 5 nitrogen and oxygen atoms in total. The number of hydrogen-bond acceptors (Lipinski definition) is 5. The minimum Gasteiger partial charge on any atom is -0.493 e. The standard InChI is InChI=1S/C17H19ClN2O3S2/c18-16-3-4-17(24-16)25(21,22)20-8-6-19(7-9-20)12-13-1-2-15-14(11-13)5-10-23-15/h1-4,11H,5-10,12H2. The number of ether oxygens (including phenoxy) is 1. The normalized spacial score (nSPS) is 18.9. The number of piperazine rings is 1. The summed E-state index contributed by atoms with van der Waals surface area (Å²) in [5.74, 6) is 0.995. The zero-order valence-corrected chi connectivity index (χ0v) is 16.0. The third-order valence-corrected chi connectivity index (χ3v) is 8.23. The zero-order valence-electron chi connectivity index (χ0n) is 13.7. The molecule has 4 rings (SSSR count). The second-order valence-electron chi connectivity index (χ2n) is 6.28. The van der Waals surface area contributed by atoms with Crippen LogP contribution in [0.3, 0.4) is 0 Å². The highest BCUT2D eigenvalue weighted by Gasteiger charge is 2.29. The van der Waals surface area contributed by atoms with Gasteiger partial charge in [0.05, 0.1) is 10.9 Å². The van der Waals surface area contributed by atoms with E-state index >= 15 is 0 Å². The van der Waals surface area contributed by atoms with E-state index in [1.54, 1.807) is 16.4 Å². The summed E-state index contributed by atoms with van der Waals surface area (Å²) in [6.45, 7) is 4.07. The van der Waals surface area contributed by atoms with Crippen molar-refractivity contribution in [2.24, 2.45) is 0 Å². The van der Waals surface area contributed by atoms with E-state index in [-0.39, 0.29) is 0 Å². The molecule has 1 fully saturated rings. The molecule has 0 spiro atoms. The largest absolute Gasteiger partial charge is 0.493 e. The average molecular weight is 399 g/mol. The second-order valence-corrected chi connectivity index (χ2v) is 10.2. The van der Waals surface area contributed by atoms with Crippen molar-refractivity contribution in [1.29, 1.82) is 0 Å². The molecule has 1 saturated heterocycles. The number of halogens is 1. The maximum absolute atomic E-state index is 12.6. The van der Waals surface area contributed by atoms with E-state index in [9.17, 15) is 8.42 Å². The van der Waals surface area contributed by atoms with Crippen molar-refractivity contribution in [3.8, 4) is 5.75 Å². The molecule has 1 aromatic carbocycles. The Balaban J connectivity index is 1.38. The summed E-state index contributed by atoms with van der Waals surface area (Å²) in [7, 11) is -3.42. The van der Waals surface area contributed by atoms with Gasteiger partial charge in [0.1, 0.15) is 9.96 Å². The van der Waals surface area contributed by atoms with Gasteiger partial charge in [-0.2, -0.15) is 4.31 Å². The molecule has 25 heavy (non-hydrogen) atoms. The molecule has 3 heterocycles. The van der Waals surface area contributed by atoms with Gasteiger partial charge in [0.2, 0.25) is 0 Å². The van der Waals surface area contributed by atoms with Crippen LogP contribution in [0, 0.1) is 0 Å². The number of hydrogen-bond donors (Lipinski definition) is 0. The van der Waals surface area contributed by atoms with Crippen molar-refractivity contribution in [3.63, 3.8) is 0 Å². The highest BCUT2D eigenvalue weighted by molar-refractivity contribution is 7.91. The van der Waals surface area contributed by atoms with E-state index in [2.05, 4.69) is 17.0 Å². The summed E-state index contributed by atoms with van der Waals surface area (Å²) in [5.41, 5.74) is 2.53. The van der Waals surface area contributed by atoms with Crippen LogP contribution in [0.5, 0.6) is 5.75 Å². The van der Waals surface area contributed by atoms with Gasteiger partial charge in [-0.1, -0.05) is 23.7 Å². The Morgan fingerprint density at radius 2 is 1.92 bits per heavy atom. The summed E-state index contributed by atoms with van der Waals surface area (Å²) in [4.78, 5) is 2.30. The maximum Gasteiger partial charge on any atom is 0.252 e. The number of fused-ring (bicyclic) bond motifs is 1. The fourth-order valence-corrected chi connectivity index (χ4v) is 6.35. The van der Waals surface area contributed by atoms with Gasteiger partial charge in [0, 0.05) is 39.1 Å². The van der Waals surface area contributed by atoms with Crippen molar-refractivity contribution in [1.82, 2.24) is 9.21 Å². The molecule has 0 amide bonds. The lowest BCUT2D eigenvalue weighted by atomic mass is 10.1. The highest BCUT2D eigenvalue weighted by atomic mass is 35.5. The lowest BCUT2D eigenvalue weighted by molar-refractivity contribution is 0.181. The topological polar surface area (TPSA) is 49.9 Å². The fourth-order valence-electron chi connectivity index (χ4n) is 3.29.